The summed E-state index contributed by atoms with van der Waals surface area (Å²) in [6, 6.07) is 6.44. The third-order valence-corrected chi connectivity index (χ3v) is 3.70. The second kappa shape index (κ2) is 7.30. The highest BCUT2D eigenvalue weighted by Crippen LogP contribution is 2.27. The monoisotopic (exact) mass is 349 g/mol. The van der Waals surface area contributed by atoms with Gasteiger partial charge in [-0.1, -0.05) is 22.0 Å². The van der Waals surface area contributed by atoms with Crippen molar-refractivity contribution in [1.82, 2.24) is 0 Å². The maximum atomic E-state index is 5.05. The van der Waals surface area contributed by atoms with Crippen LogP contribution in [0.5, 0.6) is 0 Å². The van der Waals surface area contributed by atoms with Crippen molar-refractivity contribution in [3.63, 3.8) is 0 Å². The molecule has 1 aromatic rings. The Labute approximate surface area is 114 Å². The zero-order chi connectivity index (χ0) is 12.0. The van der Waals surface area contributed by atoms with Crippen LogP contribution in [0.3, 0.4) is 0 Å². The number of hydrogen-bond donors (Lipinski definition) is 0. The van der Waals surface area contributed by atoms with E-state index in [0.29, 0.717) is 0 Å². The number of hydrogen-bond acceptors (Lipinski definition) is 2. The van der Waals surface area contributed by atoms with Crippen LogP contribution >= 0.6 is 31.9 Å². The molecule has 4 heteroatoms. The number of benzene rings is 1. The van der Waals surface area contributed by atoms with Crippen LogP contribution in [0.2, 0.25) is 0 Å². The lowest BCUT2D eigenvalue weighted by Gasteiger charge is -2.21. The molecular weight excluding hydrogens is 334 g/mol. The molecule has 0 N–H and O–H groups in total. The van der Waals surface area contributed by atoms with Crippen LogP contribution in [0.15, 0.2) is 22.7 Å². The normalized spacial score (nSPS) is 10.5. The van der Waals surface area contributed by atoms with Gasteiger partial charge in [0.15, 0.2) is 0 Å². The molecule has 0 amide bonds. The molecule has 0 heterocycles. The summed E-state index contributed by atoms with van der Waals surface area (Å²) in [7, 11) is 3.84. The van der Waals surface area contributed by atoms with Gasteiger partial charge in [0.1, 0.15) is 0 Å². The van der Waals surface area contributed by atoms with Crippen molar-refractivity contribution in [3.8, 4) is 0 Å². The summed E-state index contributed by atoms with van der Waals surface area (Å²) in [6.45, 7) is 1.81. The number of rotatable bonds is 6. The van der Waals surface area contributed by atoms with Gasteiger partial charge in [-0.2, -0.15) is 0 Å². The van der Waals surface area contributed by atoms with Crippen molar-refractivity contribution in [3.05, 3.63) is 28.2 Å². The SMILES string of the molecule is COCCCN(C)c1ccc(CBr)cc1Br. The van der Waals surface area contributed by atoms with Gasteiger partial charge >= 0.3 is 0 Å². The molecule has 1 aromatic carbocycles. The van der Waals surface area contributed by atoms with Gasteiger partial charge in [-0.15, -0.1) is 0 Å². The van der Waals surface area contributed by atoms with Crippen LogP contribution < -0.4 is 4.90 Å². The van der Waals surface area contributed by atoms with E-state index in [9.17, 15) is 0 Å². The molecule has 0 atom stereocenters. The lowest BCUT2D eigenvalue weighted by Crippen LogP contribution is -2.20. The molecule has 2 nitrogen and oxygen atoms in total. The van der Waals surface area contributed by atoms with E-state index in [1.807, 2.05) is 0 Å². The largest absolute Gasteiger partial charge is 0.385 e. The van der Waals surface area contributed by atoms with E-state index in [0.717, 1.165) is 29.4 Å². The minimum atomic E-state index is 0.807. The van der Waals surface area contributed by atoms with Gasteiger partial charge in [-0.3, -0.25) is 0 Å². The third kappa shape index (κ3) is 4.07. The Balaban J connectivity index is 2.64. The van der Waals surface area contributed by atoms with E-state index in [1.165, 1.54) is 11.3 Å². The summed E-state index contributed by atoms with van der Waals surface area (Å²) in [5.41, 5.74) is 2.50. The Morgan fingerprint density at radius 1 is 1.38 bits per heavy atom. The van der Waals surface area contributed by atoms with E-state index in [4.69, 9.17) is 4.74 Å². The molecule has 0 unspecified atom stereocenters. The molecule has 0 saturated heterocycles. The van der Waals surface area contributed by atoms with E-state index in [1.54, 1.807) is 7.11 Å². The summed E-state index contributed by atoms with van der Waals surface area (Å²) in [6.07, 6.45) is 1.04. The van der Waals surface area contributed by atoms with Gasteiger partial charge < -0.3 is 9.64 Å². The van der Waals surface area contributed by atoms with Crippen LogP contribution in [-0.2, 0) is 10.1 Å². The Kier molecular flexibility index (Phi) is 6.39. The van der Waals surface area contributed by atoms with Gasteiger partial charge in [0.2, 0.25) is 0 Å². The van der Waals surface area contributed by atoms with Gasteiger partial charge in [0.05, 0.1) is 5.69 Å². The number of anilines is 1. The van der Waals surface area contributed by atoms with Gasteiger partial charge in [-0.05, 0) is 40.0 Å². The smallest absolute Gasteiger partial charge is 0.0508 e. The Morgan fingerprint density at radius 2 is 2.12 bits per heavy atom. The Bertz CT molecular complexity index is 331. The summed E-state index contributed by atoms with van der Waals surface area (Å²) in [5.74, 6) is 0. The Morgan fingerprint density at radius 3 is 2.69 bits per heavy atom. The van der Waals surface area contributed by atoms with Gasteiger partial charge in [0, 0.05) is 37.1 Å². The average molecular weight is 351 g/mol. The highest BCUT2D eigenvalue weighted by molar-refractivity contribution is 9.10. The maximum absolute atomic E-state index is 5.05. The second-order valence-corrected chi connectivity index (χ2v) is 5.10. The van der Waals surface area contributed by atoms with Gasteiger partial charge in [-0.25, -0.2) is 0 Å². The maximum Gasteiger partial charge on any atom is 0.0508 e. The molecule has 90 valence electrons. The number of ether oxygens (including phenoxy) is 1. The van der Waals surface area contributed by atoms with Crippen molar-refractivity contribution >= 4 is 37.5 Å². The first kappa shape index (κ1) is 14.0. The summed E-state index contributed by atoms with van der Waals surface area (Å²) in [5, 5.41) is 0.888. The fourth-order valence-corrected chi connectivity index (χ4v) is 2.59. The first-order valence-corrected chi connectivity index (χ1v) is 7.15. The molecule has 0 saturated carbocycles. The third-order valence-electron chi connectivity index (χ3n) is 2.42. The number of alkyl halides is 1. The van der Waals surface area contributed by atoms with E-state index in [2.05, 4.69) is 62.0 Å². The Hall–Kier alpha value is -0.0600. The molecule has 0 aliphatic rings. The summed E-state index contributed by atoms with van der Waals surface area (Å²) in [4.78, 5) is 2.24. The van der Waals surface area contributed by atoms with Crippen molar-refractivity contribution in [2.75, 3.05) is 32.2 Å². The highest BCUT2D eigenvalue weighted by atomic mass is 79.9. The number of nitrogens with zero attached hydrogens (tertiary/aromatic N) is 1. The van der Waals surface area contributed by atoms with Crippen LogP contribution in [0.1, 0.15) is 12.0 Å². The minimum absolute atomic E-state index is 0.807. The lowest BCUT2D eigenvalue weighted by molar-refractivity contribution is 0.196. The highest BCUT2D eigenvalue weighted by Gasteiger charge is 2.05. The predicted octanol–water partition coefficient (Wildman–Crippen LogP) is 3.82. The quantitative estimate of drug-likeness (QED) is 0.571. The molecule has 0 aromatic heterocycles. The first-order valence-electron chi connectivity index (χ1n) is 5.23. The number of methoxy groups -OCH3 is 1. The first-order chi connectivity index (χ1) is 7.69. The van der Waals surface area contributed by atoms with Crippen LogP contribution in [0.25, 0.3) is 0 Å². The summed E-state index contributed by atoms with van der Waals surface area (Å²) >= 11 is 7.06. The topological polar surface area (TPSA) is 12.5 Å². The molecule has 0 bridgehead atoms. The average Bonchev–Trinajstić information content (AvgIpc) is 2.29. The molecule has 0 radical (unpaired) electrons. The van der Waals surface area contributed by atoms with Crippen molar-refractivity contribution in [2.45, 2.75) is 11.8 Å². The zero-order valence-electron chi connectivity index (χ0n) is 9.67. The zero-order valence-corrected chi connectivity index (χ0v) is 12.8. The summed E-state index contributed by atoms with van der Waals surface area (Å²) < 4.78 is 6.19. The van der Waals surface area contributed by atoms with Gasteiger partial charge in [0.25, 0.3) is 0 Å². The molecule has 0 aliphatic carbocycles. The molecule has 1 rings (SSSR count). The standard InChI is InChI=1S/C12H17Br2NO/c1-15(6-3-7-16-2)12-5-4-10(9-13)8-11(12)14/h4-5,8H,3,6-7,9H2,1-2H3. The van der Waals surface area contributed by atoms with E-state index >= 15 is 0 Å². The lowest BCUT2D eigenvalue weighted by atomic mass is 10.2. The number of halogens is 2. The second-order valence-electron chi connectivity index (χ2n) is 3.69. The molecule has 0 fully saturated rings. The van der Waals surface area contributed by atoms with Crippen molar-refractivity contribution < 1.29 is 4.74 Å². The molecule has 0 spiro atoms. The van der Waals surface area contributed by atoms with Crippen LogP contribution in [-0.4, -0.2) is 27.3 Å². The molecule has 16 heavy (non-hydrogen) atoms. The fourth-order valence-electron chi connectivity index (χ4n) is 1.51. The molecule has 0 aliphatic heterocycles. The van der Waals surface area contributed by atoms with Crippen molar-refractivity contribution in [2.24, 2.45) is 0 Å². The van der Waals surface area contributed by atoms with E-state index in [-0.39, 0.29) is 0 Å². The predicted molar refractivity (Wildman–Crippen MR) is 76.5 cm³/mol. The fraction of sp³-hybridized carbons (Fsp3) is 0.500. The van der Waals surface area contributed by atoms with Crippen LogP contribution in [0.4, 0.5) is 5.69 Å². The molecular formula is C12H17Br2NO. The van der Waals surface area contributed by atoms with Crippen LogP contribution in [0, 0.1) is 0 Å². The minimum Gasteiger partial charge on any atom is -0.385 e. The van der Waals surface area contributed by atoms with E-state index < -0.39 is 0 Å². The van der Waals surface area contributed by atoms with Crippen molar-refractivity contribution in [1.29, 1.82) is 0 Å².